The van der Waals surface area contributed by atoms with Gasteiger partial charge >= 0.3 is 0 Å². The van der Waals surface area contributed by atoms with Gasteiger partial charge in [-0.2, -0.15) is 0 Å². The second-order valence-electron chi connectivity index (χ2n) is 8.51. The van der Waals surface area contributed by atoms with E-state index < -0.39 is 6.04 Å². The highest BCUT2D eigenvalue weighted by Crippen LogP contribution is 2.24. The van der Waals surface area contributed by atoms with Crippen molar-refractivity contribution >= 4 is 17.7 Å². The lowest BCUT2D eigenvalue weighted by Crippen LogP contribution is -2.52. The van der Waals surface area contributed by atoms with Crippen LogP contribution in [0, 0.1) is 12.8 Å². The summed E-state index contributed by atoms with van der Waals surface area (Å²) < 4.78 is 0. The number of nitrogens with zero attached hydrogens (tertiary/aromatic N) is 1. The minimum Gasteiger partial charge on any atom is -0.353 e. The highest BCUT2D eigenvalue weighted by atomic mass is 16.2. The molecule has 1 heterocycles. The number of aryl methyl sites for hydroxylation is 1. The van der Waals surface area contributed by atoms with Crippen LogP contribution in [0.4, 0.5) is 0 Å². The maximum absolute atomic E-state index is 12.7. The molecule has 3 amide bonds. The Morgan fingerprint density at radius 1 is 1.03 bits per heavy atom. The fraction of sp³-hybridized carbons (Fsp3) is 0.609. The molecule has 2 aliphatic rings. The van der Waals surface area contributed by atoms with Crippen LogP contribution in [-0.4, -0.2) is 47.8 Å². The van der Waals surface area contributed by atoms with E-state index in [1.807, 2.05) is 25.1 Å². The van der Waals surface area contributed by atoms with Crippen LogP contribution in [0.5, 0.6) is 0 Å². The standard InChI is InChI=1S/C23H33N3O3/c1-16-7-6-10-19(15-16)22(28)24-17(2)23(29)26-13-11-20(12-14-26)25-21(27)18-8-4-3-5-9-18/h6-7,10,15,17-18,20H,3-5,8-9,11-14H2,1-2H3,(H,24,28)(H,25,27). The Labute approximate surface area is 173 Å². The van der Waals surface area contributed by atoms with E-state index in [2.05, 4.69) is 10.6 Å². The summed E-state index contributed by atoms with van der Waals surface area (Å²) in [5.41, 5.74) is 1.57. The van der Waals surface area contributed by atoms with Crippen LogP contribution in [-0.2, 0) is 9.59 Å². The van der Waals surface area contributed by atoms with Crippen molar-refractivity contribution in [3.63, 3.8) is 0 Å². The van der Waals surface area contributed by atoms with E-state index in [0.29, 0.717) is 18.7 Å². The first kappa shape index (κ1) is 21.3. The van der Waals surface area contributed by atoms with Crippen LogP contribution in [0.15, 0.2) is 24.3 Å². The molecule has 6 nitrogen and oxygen atoms in total. The number of benzene rings is 1. The molecule has 3 rings (SSSR count). The Kier molecular flexibility index (Phi) is 7.29. The second-order valence-corrected chi connectivity index (χ2v) is 8.51. The molecular formula is C23H33N3O3. The lowest BCUT2D eigenvalue weighted by Gasteiger charge is -2.35. The first-order valence-electron chi connectivity index (χ1n) is 10.9. The number of carbonyl (C=O) groups excluding carboxylic acids is 3. The van der Waals surface area contributed by atoms with Crippen LogP contribution >= 0.6 is 0 Å². The number of nitrogens with one attached hydrogen (secondary N) is 2. The van der Waals surface area contributed by atoms with Crippen molar-refractivity contribution in [2.75, 3.05) is 13.1 Å². The van der Waals surface area contributed by atoms with Gasteiger partial charge in [-0.1, -0.05) is 37.0 Å². The van der Waals surface area contributed by atoms with Crippen LogP contribution in [0.2, 0.25) is 0 Å². The maximum Gasteiger partial charge on any atom is 0.251 e. The smallest absolute Gasteiger partial charge is 0.251 e. The lowest BCUT2D eigenvalue weighted by molar-refractivity contribution is -0.134. The van der Waals surface area contributed by atoms with Crippen LogP contribution < -0.4 is 10.6 Å². The van der Waals surface area contributed by atoms with Gasteiger partial charge < -0.3 is 15.5 Å². The summed E-state index contributed by atoms with van der Waals surface area (Å²) in [7, 11) is 0. The number of hydrogen-bond acceptors (Lipinski definition) is 3. The molecular weight excluding hydrogens is 366 g/mol. The average Bonchev–Trinajstić information content (AvgIpc) is 2.74. The predicted octanol–water partition coefficient (Wildman–Crippen LogP) is 2.80. The third-order valence-corrected chi connectivity index (χ3v) is 6.13. The Bertz CT molecular complexity index is 735. The van der Waals surface area contributed by atoms with E-state index in [9.17, 15) is 14.4 Å². The minimum atomic E-state index is -0.573. The molecule has 1 saturated heterocycles. The Morgan fingerprint density at radius 2 is 1.72 bits per heavy atom. The van der Waals surface area contributed by atoms with E-state index in [1.165, 1.54) is 6.42 Å². The Balaban J connectivity index is 1.44. The Hall–Kier alpha value is -2.37. The quantitative estimate of drug-likeness (QED) is 0.799. The molecule has 29 heavy (non-hydrogen) atoms. The van der Waals surface area contributed by atoms with Gasteiger partial charge in [-0.15, -0.1) is 0 Å². The molecule has 1 atom stereocenters. The molecule has 0 aromatic heterocycles. The van der Waals surface area contributed by atoms with Gasteiger partial charge in [0.15, 0.2) is 0 Å². The molecule has 1 unspecified atom stereocenters. The number of amides is 3. The van der Waals surface area contributed by atoms with Gasteiger partial charge in [-0.3, -0.25) is 14.4 Å². The fourth-order valence-corrected chi connectivity index (χ4v) is 4.33. The van der Waals surface area contributed by atoms with Gasteiger partial charge in [0.1, 0.15) is 6.04 Å². The topological polar surface area (TPSA) is 78.5 Å². The highest BCUT2D eigenvalue weighted by molar-refractivity contribution is 5.97. The zero-order valence-electron chi connectivity index (χ0n) is 17.6. The van der Waals surface area contributed by atoms with Gasteiger partial charge in [0.25, 0.3) is 5.91 Å². The highest BCUT2D eigenvalue weighted by Gasteiger charge is 2.29. The van der Waals surface area contributed by atoms with Crippen molar-refractivity contribution in [2.45, 2.75) is 70.9 Å². The van der Waals surface area contributed by atoms with Gasteiger partial charge in [0, 0.05) is 30.6 Å². The summed E-state index contributed by atoms with van der Waals surface area (Å²) in [6, 6.07) is 6.90. The van der Waals surface area contributed by atoms with E-state index >= 15 is 0 Å². The minimum absolute atomic E-state index is 0.0666. The number of hydrogen-bond donors (Lipinski definition) is 2. The first-order chi connectivity index (χ1) is 13.9. The summed E-state index contributed by atoms with van der Waals surface area (Å²) >= 11 is 0. The SMILES string of the molecule is Cc1cccc(C(=O)NC(C)C(=O)N2CCC(NC(=O)C3CCCCC3)CC2)c1. The van der Waals surface area contributed by atoms with Gasteiger partial charge in [0.2, 0.25) is 11.8 Å². The summed E-state index contributed by atoms with van der Waals surface area (Å²) in [5, 5.41) is 6.00. The third kappa shape index (κ3) is 5.81. The monoisotopic (exact) mass is 399 g/mol. The van der Waals surface area contributed by atoms with E-state index in [4.69, 9.17) is 0 Å². The summed E-state index contributed by atoms with van der Waals surface area (Å²) in [5.74, 6) is 0.0563. The predicted molar refractivity (Wildman–Crippen MR) is 112 cm³/mol. The zero-order valence-corrected chi connectivity index (χ0v) is 17.6. The molecule has 0 radical (unpaired) electrons. The molecule has 1 aromatic rings. The number of likely N-dealkylation sites (tertiary alicyclic amines) is 1. The van der Waals surface area contributed by atoms with Gasteiger partial charge in [-0.05, 0) is 51.7 Å². The molecule has 0 spiro atoms. The van der Waals surface area contributed by atoms with E-state index in [0.717, 1.165) is 44.1 Å². The van der Waals surface area contributed by atoms with E-state index in [-0.39, 0.29) is 29.7 Å². The molecule has 1 aliphatic carbocycles. The summed E-state index contributed by atoms with van der Waals surface area (Å²) in [6.07, 6.45) is 7.07. The molecule has 1 aliphatic heterocycles. The third-order valence-electron chi connectivity index (χ3n) is 6.13. The van der Waals surface area contributed by atoms with Crippen molar-refractivity contribution in [3.8, 4) is 0 Å². The molecule has 2 N–H and O–H groups in total. The van der Waals surface area contributed by atoms with Crippen molar-refractivity contribution < 1.29 is 14.4 Å². The van der Waals surface area contributed by atoms with Gasteiger partial charge in [0.05, 0.1) is 0 Å². The van der Waals surface area contributed by atoms with Crippen molar-refractivity contribution in [1.82, 2.24) is 15.5 Å². The Morgan fingerprint density at radius 3 is 2.38 bits per heavy atom. The van der Waals surface area contributed by atoms with Crippen LogP contribution in [0.3, 0.4) is 0 Å². The molecule has 2 fully saturated rings. The lowest BCUT2D eigenvalue weighted by atomic mass is 9.88. The van der Waals surface area contributed by atoms with Crippen molar-refractivity contribution in [3.05, 3.63) is 35.4 Å². The molecule has 1 aromatic carbocycles. The average molecular weight is 400 g/mol. The zero-order chi connectivity index (χ0) is 20.8. The van der Waals surface area contributed by atoms with Crippen molar-refractivity contribution in [1.29, 1.82) is 0 Å². The van der Waals surface area contributed by atoms with Gasteiger partial charge in [-0.25, -0.2) is 0 Å². The molecule has 6 heteroatoms. The normalized spacial score (nSPS) is 19.4. The molecule has 158 valence electrons. The summed E-state index contributed by atoms with van der Waals surface area (Å²) in [4.78, 5) is 39.3. The maximum atomic E-state index is 12.7. The second kappa shape index (κ2) is 9.90. The van der Waals surface area contributed by atoms with E-state index in [1.54, 1.807) is 17.9 Å². The first-order valence-corrected chi connectivity index (χ1v) is 10.9. The fourth-order valence-electron chi connectivity index (χ4n) is 4.33. The number of piperidine rings is 1. The van der Waals surface area contributed by atoms with Crippen molar-refractivity contribution in [2.24, 2.45) is 5.92 Å². The molecule has 1 saturated carbocycles. The number of rotatable bonds is 5. The summed E-state index contributed by atoms with van der Waals surface area (Å²) in [6.45, 7) is 4.88. The largest absolute Gasteiger partial charge is 0.353 e. The number of carbonyl (C=O) groups is 3. The van der Waals surface area contributed by atoms with Crippen LogP contribution in [0.1, 0.15) is 67.8 Å². The van der Waals surface area contributed by atoms with Crippen LogP contribution in [0.25, 0.3) is 0 Å². The molecule has 0 bridgehead atoms.